The Bertz CT molecular complexity index is 815. The molecule has 4 bridgehead atoms. The van der Waals surface area contributed by atoms with Crippen molar-refractivity contribution >= 4 is 5.91 Å². The molecule has 1 aliphatic heterocycles. The van der Waals surface area contributed by atoms with Crippen LogP contribution in [0.3, 0.4) is 0 Å². The number of nitrogens with zero attached hydrogens (tertiary/aromatic N) is 1. The van der Waals surface area contributed by atoms with Gasteiger partial charge in [0.25, 0.3) is 0 Å². The Morgan fingerprint density at radius 1 is 1.06 bits per heavy atom. The van der Waals surface area contributed by atoms with Gasteiger partial charge in [0.1, 0.15) is 0 Å². The van der Waals surface area contributed by atoms with E-state index in [4.69, 9.17) is 5.73 Å². The maximum atomic E-state index is 14.3. The Morgan fingerprint density at radius 2 is 1.75 bits per heavy atom. The molecule has 3 heteroatoms. The van der Waals surface area contributed by atoms with Gasteiger partial charge in [0.15, 0.2) is 0 Å². The highest BCUT2D eigenvalue weighted by Gasteiger charge is 2.64. The van der Waals surface area contributed by atoms with Crippen LogP contribution in [0.4, 0.5) is 0 Å². The first-order chi connectivity index (χ1) is 15.3. The standard InChI is InChI=1S/C29H44N2O/c1-4-5-7-12-24-21-15-28(23-10-8-6-9-11-23)16-22(24)18-29(17-21,19-28)26(32)31-14-13-25(30)27(2,3)20-31/h6,8-11,21-22,24-25H,4-5,7,12-20,30H2,1-3H3/t21?,22?,24?,25-,28?,29?/m0/s1. The van der Waals surface area contributed by atoms with Crippen molar-refractivity contribution in [2.24, 2.45) is 34.3 Å². The molecule has 6 rings (SSSR count). The van der Waals surface area contributed by atoms with Crippen LogP contribution in [0.5, 0.6) is 0 Å². The number of likely N-dealkylation sites (tertiary alicyclic amines) is 1. The van der Waals surface area contributed by atoms with Crippen LogP contribution in [0.2, 0.25) is 0 Å². The van der Waals surface area contributed by atoms with Crippen molar-refractivity contribution < 1.29 is 4.79 Å². The summed E-state index contributed by atoms with van der Waals surface area (Å²) in [5.74, 6) is 2.75. The van der Waals surface area contributed by atoms with E-state index in [9.17, 15) is 4.79 Å². The minimum atomic E-state index is -0.138. The fourth-order valence-corrected chi connectivity index (χ4v) is 8.61. The van der Waals surface area contributed by atoms with Gasteiger partial charge in [-0.1, -0.05) is 70.4 Å². The summed E-state index contributed by atoms with van der Waals surface area (Å²) in [5.41, 5.74) is 8.00. The van der Waals surface area contributed by atoms with Crippen molar-refractivity contribution in [2.75, 3.05) is 13.1 Å². The quantitative estimate of drug-likeness (QED) is 0.563. The zero-order chi connectivity index (χ0) is 22.6. The number of carbonyl (C=O) groups excluding carboxylic acids is 1. The molecule has 1 aromatic rings. The Balaban J connectivity index is 1.45. The highest BCUT2D eigenvalue weighted by Crippen LogP contribution is 2.68. The fraction of sp³-hybridized carbons (Fsp3) is 0.759. The Hall–Kier alpha value is -1.35. The number of unbranched alkanes of at least 4 members (excludes halogenated alkanes) is 2. The van der Waals surface area contributed by atoms with Crippen LogP contribution in [0.25, 0.3) is 0 Å². The van der Waals surface area contributed by atoms with E-state index in [0.717, 1.165) is 56.5 Å². The second kappa shape index (κ2) is 8.15. The second-order valence-corrected chi connectivity index (χ2v) is 12.7. The first kappa shape index (κ1) is 22.4. The van der Waals surface area contributed by atoms with Gasteiger partial charge < -0.3 is 10.6 Å². The van der Waals surface area contributed by atoms with Crippen molar-refractivity contribution in [1.82, 2.24) is 4.90 Å². The number of rotatable bonds is 6. The molecule has 176 valence electrons. The predicted molar refractivity (Wildman–Crippen MR) is 131 cm³/mol. The van der Waals surface area contributed by atoms with Gasteiger partial charge in [-0.2, -0.15) is 0 Å². The lowest BCUT2D eigenvalue weighted by Crippen LogP contribution is -2.64. The van der Waals surface area contributed by atoms with Crippen LogP contribution >= 0.6 is 0 Å². The fourth-order valence-electron chi connectivity index (χ4n) is 8.61. The molecule has 1 saturated heterocycles. The van der Waals surface area contributed by atoms with Crippen molar-refractivity contribution in [2.45, 2.75) is 96.4 Å². The van der Waals surface area contributed by atoms with Crippen molar-refractivity contribution in [3.8, 4) is 0 Å². The monoisotopic (exact) mass is 436 g/mol. The normalized spacial score (nSPS) is 39.9. The zero-order valence-electron chi connectivity index (χ0n) is 20.6. The first-order valence-electron chi connectivity index (χ1n) is 13.4. The molecule has 4 aliphatic carbocycles. The van der Waals surface area contributed by atoms with Crippen LogP contribution in [0.15, 0.2) is 30.3 Å². The van der Waals surface area contributed by atoms with E-state index in [1.165, 1.54) is 44.1 Å². The molecule has 0 aromatic heterocycles. The molecule has 1 aromatic carbocycles. The summed E-state index contributed by atoms with van der Waals surface area (Å²) in [6.07, 6.45) is 12.3. The zero-order valence-corrected chi connectivity index (χ0v) is 20.6. The van der Waals surface area contributed by atoms with Gasteiger partial charge in [-0.3, -0.25) is 4.79 Å². The third-order valence-electron chi connectivity index (χ3n) is 10.1. The number of piperidine rings is 1. The molecule has 0 spiro atoms. The minimum Gasteiger partial charge on any atom is -0.342 e. The lowest BCUT2D eigenvalue weighted by atomic mass is 9.39. The molecule has 0 radical (unpaired) electrons. The number of benzene rings is 1. The van der Waals surface area contributed by atoms with Gasteiger partial charge in [-0.25, -0.2) is 0 Å². The molecular weight excluding hydrogens is 392 g/mol. The van der Waals surface area contributed by atoms with Gasteiger partial charge in [-0.05, 0) is 79.1 Å². The molecular formula is C29H44N2O. The van der Waals surface area contributed by atoms with Gasteiger partial charge in [0.2, 0.25) is 5.91 Å². The smallest absolute Gasteiger partial charge is 0.228 e. The maximum Gasteiger partial charge on any atom is 0.228 e. The Morgan fingerprint density at radius 3 is 2.38 bits per heavy atom. The lowest BCUT2D eigenvalue weighted by Gasteiger charge is -2.65. The summed E-state index contributed by atoms with van der Waals surface area (Å²) in [6, 6.07) is 11.4. The van der Waals surface area contributed by atoms with E-state index >= 15 is 0 Å². The van der Waals surface area contributed by atoms with Crippen LogP contribution < -0.4 is 5.73 Å². The summed E-state index contributed by atoms with van der Waals surface area (Å²) in [5, 5.41) is 0. The molecule has 3 nitrogen and oxygen atoms in total. The number of amides is 1. The van der Waals surface area contributed by atoms with E-state index in [1.807, 2.05) is 0 Å². The predicted octanol–water partition coefficient (Wildman–Crippen LogP) is 5.92. The summed E-state index contributed by atoms with van der Waals surface area (Å²) >= 11 is 0. The highest BCUT2D eigenvalue weighted by molar-refractivity contribution is 5.84. The third kappa shape index (κ3) is 3.63. The molecule has 4 saturated carbocycles. The number of hydrogen-bond acceptors (Lipinski definition) is 2. The van der Waals surface area contributed by atoms with Gasteiger partial charge in [-0.15, -0.1) is 0 Å². The molecule has 2 N–H and O–H groups in total. The third-order valence-corrected chi connectivity index (χ3v) is 10.1. The van der Waals surface area contributed by atoms with Crippen LogP contribution in [0.1, 0.15) is 90.5 Å². The van der Waals surface area contributed by atoms with E-state index in [0.29, 0.717) is 5.91 Å². The average Bonchev–Trinajstić information content (AvgIpc) is 2.77. The summed E-state index contributed by atoms with van der Waals surface area (Å²) < 4.78 is 0. The lowest BCUT2D eigenvalue weighted by molar-refractivity contribution is -0.171. The molecule has 32 heavy (non-hydrogen) atoms. The SMILES string of the molecule is CCCCCC1C2CC3(C(=O)N4CC[C@H](N)C(C)(C)C4)CC1CC(c1ccccc1)(C2)C3. The largest absolute Gasteiger partial charge is 0.342 e. The van der Waals surface area contributed by atoms with E-state index in [1.54, 1.807) is 0 Å². The summed E-state index contributed by atoms with van der Waals surface area (Å²) in [7, 11) is 0. The molecule has 5 fully saturated rings. The van der Waals surface area contributed by atoms with Gasteiger partial charge in [0.05, 0.1) is 5.41 Å². The van der Waals surface area contributed by atoms with Gasteiger partial charge >= 0.3 is 0 Å². The van der Waals surface area contributed by atoms with Crippen LogP contribution in [-0.4, -0.2) is 29.9 Å². The van der Waals surface area contributed by atoms with Crippen molar-refractivity contribution in [1.29, 1.82) is 0 Å². The maximum absolute atomic E-state index is 14.3. The summed E-state index contributed by atoms with van der Waals surface area (Å²) in [4.78, 5) is 16.5. The van der Waals surface area contributed by atoms with Crippen LogP contribution in [-0.2, 0) is 10.2 Å². The second-order valence-electron chi connectivity index (χ2n) is 12.7. The molecule has 1 heterocycles. The molecule has 5 aliphatic rings. The highest BCUT2D eigenvalue weighted by atomic mass is 16.2. The van der Waals surface area contributed by atoms with Gasteiger partial charge in [0, 0.05) is 19.1 Å². The Labute approximate surface area is 195 Å². The first-order valence-corrected chi connectivity index (χ1v) is 13.4. The number of hydrogen-bond donors (Lipinski definition) is 1. The molecule has 3 atom stereocenters. The molecule has 1 amide bonds. The van der Waals surface area contributed by atoms with Crippen molar-refractivity contribution in [3.05, 3.63) is 35.9 Å². The van der Waals surface area contributed by atoms with Crippen molar-refractivity contribution in [3.63, 3.8) is 0 Å². The van der Waals surface area contributed by atoms with Crippen LogP contribution in [0, 0.1) is 28.6 Å². The topological polar surface area (TPSA) is 46.3 Å². The number of carbonyl (C=O) groups is 1. The molecule has 2 unspecified atom stereocenters. The van der Waals surface area contributed by atoms with E-state index < -0.39 is 0 Å². The van der Waals surface area contributed by atoms with E-state index in [2.05, 4.69) is 56.0 Å². The minimum absolute atomic E-state index is 0.00993. The summed E-state index contributed by atoms with van der Waals surface area (Å²) in [6.45, 7) is 8.46. The number of nitrogens with two attached hydrogens (primary N) is 1. The van der Waals surface area contributed by atoms with E-state index in [-0.39, 0.29) is 22.3 Å². The average molecular weight is 437 g/mol. The Kier molecular flexibility index (Phi) is 5.72.